The van der Waals surface area contributed by atoms with Crippen molar-refractivity contribution >= 4 is 17.2 Å². The number of hydrogen-bond acceptors (Lipinski definition) is 5. The van der Waals surface area contributed by atoms with Crippen molar-refractivity contribution in [2.24, 2.45) is 5.92 Å². The minimum absolute atomic E-state index is 0.138. The molecule has 1 heterocycles. The third-order valence-electron chi connectivity index (χ3n) is 2.88. The molecule has 1 aromatic carbocycles. The summed E-state index contributed by atoms with van der Waals surface area (Å²) in [5.74, 6) is 1.80. The zero-order valence-corrected chi connectivity index (χ0v) is 13.8. The molecule has 2 aromatic rings. The molecule has 2 rings (SSSR count). The van der Waals surface area contributed by atoms with Crippen LogP contribution in [-0.2, 0) is 6.61 Å². The number of ether oxygens (including phenoxy) is 2. The van der Waals surface area contributed by atoms with Gasteiger partial charge in [-0.1, -0.05) is 13.8 Å². The molecule has 0 saturated heterocycles. The van der Waals surface area contributed by atoms with E-state index in [1.54, 1.807) is 12.5 Å². The highest BCUT2D eigenvalue weighted by Crippen LogP contribution is 2.19. The van der Waals surface area contributed by atoms with Crippen LogP contribution >= 0.6 is 11.3 Å². The Balaban J connectivity index is 1.87. The molecular weight excluding hydrogens is 300 g/mol. The van der Waals surface area contributed by atoms with Gasteiger partial charge >= 0.3 is 0 Å². The van der Waals surface area contributed by atoms with Crippen molar-refractivity contribution in [3.63, 3.8) is 0 Å². The maximum atomic E-state index is 11.9. The molecule has 1 amide bonds. The molecular formula is C16H20N2O3S. The van der Waals surface area contributed by atoms with Crippen LogP contribution in [-0.4, -0.2) is 24.5 Å². The van der Waals surface area contributed by atoms with Crippen molar-refractivity contribution in [3.8, 4) is 11.5 Å². The number of nitrogens with zero attached hydrogens (tertiary/aromatic N) is 1. The van der Waals surface area contributed by atoms with Gasteiger partial charge in [0.1, 0.15) is 28.8 Å². The maximum absolute atomic E-state index is 11.9. The Hall–Kier alpha value is -2.08. The summed E-state index contributed by atoms with van der Waals surface area (Å²) < 4.78 is 10.7. The van der Waals surface area contributed by atoms with E-state index in [4.69, 9.17) is 9.47 Å². The highest BCUT2D eigenvalue weighted by molar-refractivity contribution is 7.09. The van der Waals surface area contributed by atoms with Crippen LogP contribution in [0.4, 0.5) is 0 Å². The molecule has 0 bridgehead atoms. The number of rotatable bonds is 7. The van der Waals surface area contributed by atoms with Crippen molar-refractivity contribution < 1.29 is 14.3 Å². The summed E-state index contributed by atoms with van der Waals surface area (Å²) in [6, 6.07) is 7.34. The summed E-state index contributed by atoms with van der Waals surface area (Å²) in [4.78, 5) is 16.2. The van der Waals surface area contributed by atoms with Crippen LogP contribution < -0.4 is 14.8 Å². The lowest BCUT2D eigenvalue weighted by Crippen LogP contribution is -2.27. The number of benzene rings is 1. The van der Waals surface area contributed by atoms with E-state index >= 15 is 0 Å². The lowest BCUT2D eigenvalue weighted by molar-refractivity contribution is 0.0944. The first kappa shape index (κ1) is 16.3. The van der Waals surface area contributed by atoms with Gasteiger partial charge in [0.05, 0.1) is 7.11 Å². The van der Waals surface area contributed by atoms with Gasteiger partial charge in [-0.3, -0.25) is 4.79 Å². The molecule has 0 aliphatic heterocycles. The lowest BCUT2D eigenvalue weighted by atomic mass is 10.2. The standard InChI is InChI=1S/C16H20N2O3S/c1-11(2)8-17-16(19)14-10-22-15(18-14)9-21-13-6-4-12(20-3)5-7-13/h4-7,10-11H,8-9H2,1-3H3,(H,17,19). The zero-order valence-electron chi connectivity index (χ0n) is 13.0. The Morgan fingerprint density at radius 3 is 2.59 bits per heavy atom. The lowest BCUT2D eigenvalue weighted by Gasteiger charge is -2.06. The quantitative estimate of drug-likeness (QED) is 0.851. The minimum Gasteiger partial charge on any atom is -0.497 e. The molecule has 5 nitrogen and oxygen atoms in total. The van der Waals surface area contributed by atoms with Crippen molar-refractivity contribution in [1.29, 1.82) is 0 Å². The normalized spacial score (nSPS) is 10.5. The predicted octanol–water partition coefficient (Wildman–Crippen LogP) is 3.12. The third-order valence-corrected chi connectivity index (χ3v) is 3.70. The molecule has 0 saturated carbocycles. The zero-order chi connectivity index (χ0) is 15.9. The number of carbonyl (C=O) groups is 1. The van der Waals surface area contributed by atoms with Gasteiger partial charge in [-0.15, -0.1) is 11.3 Å². The van der Waals surface area contributed by atoms with E-state index in [1.165, 1.54) is 11.3 Å². The summed E-state index contributed by atoms with van der Waals surface area (Å²) >= 11 is 1.42. The summed E-state index contributed by atoms with van der Waals surface area (Å²) in [7, 11) is 1.62. The van der Waals surface area contributed by atoms with E-state index in [-0.39, 0.29) is 5.91 Å². The van der Waals surface area contributed by atoms with Gasteiger partial charge in [0.25, 0.3) is 5.91 Å². The number of aromatic nitrogens is 1. The highest BCUT2D eigenvalue weighted by Gasteiger charge is 2.11. The Labute approximate surface area is 134 Å². The number of methoxy groups -OCH3 is 1. The van der Waals surface area contributed by atoms with Gasteiger partial charge in [0.15, 0.2) is 0 Å². The number of thiazole rings is 1. The van der Waals surface area contributed by atoms with Crippen LogP contribution in [0.5, 0.6) is 11.5 Å². The average molecular weight is 320 g/mol. The molecule has 0 atom stereocenters. The smallest absolute Gasteiger partial charge is 0.270 e. The van der Waals surface area contributed by atoms with Gasteiger partial charge < -0.3 is 14.8 Å². The summed E-state index contributed by atoms with van der Waals surface area (Å²) in [5.41, 5.74) is 0.444. The van der Waals surface area contributed by atoms with Gasteiger partial charge in [-0.2, -0.15) is 0 Å². The van der Waals surface area contributed by atoms with Gasteiger partial charge in [0, 0.05) is 11.9 Å². The second kappa shape index (κ2) is 7.79. The Bertz CT molecular complexity index is 608. The number of amides is 1. The van der Waals surface area contributed by atoms with E-state index in [2.05, 4.69) is 24.1 Å². The fourth-order valence-corrected chi connectivity index (χ4v) is 2.37. The maximum Gasteiger partial charge on any atom is 0.270 e. The van der Waals surface area contributed by atoms with Crippen molar-refractivity contribution in [2.75, 3.05) is 13.7 Å². The van der Waals surface area contributed by atoms with Crippen molar-refractivity contribution in [3.05, 3.63) is 40.3 Å². The third kappa shape index (κ3) is 4.73. The summed E-state index contributed by atoms with van der Waals surface area (Å²) in [5, 5.41) is 5.37. The van der Waals surface area contributed by atoms with E-state index in [9.17, 15) is 4.79 Å². The molecule has 0 aliphatic rings. The van der Waals surface area contributed by atoms with E-state index < -0.39 is 0 Å². The SMILES string of the molecule is COc1ccc(OCc2nc(C(=O)NCC(C)C)cs2)cc1. The molecule has 0 fully saturated rings. The van der Waals surface area contributed by atoms with Crippen LogP contribution in [0, 0.1) is 5.92 Å². The molecule has 0 radical (unpaired) electrons. The fourth-order valence-electron chi connectivity index (χ4n) is 1.69. The van der Waals surface area contributed by atoms with Gasteiger partial charge in [0.2, 0.25) is 0 Å². The molecule has 118 valence electrons. The first-order valence-electron chi connectivity index (χ1n) is 7.08. The van der Waals surface area contributed by atoms with E-state index in [0.717, 1.165) is 16.5 Å². The van der Waals surface area contributed by atoms with E-state index in [1.807, 2.05) is 24.3 Å². The fraction of sp³-hybridized carbons (Fsp3) is 0.375. The van der Waals surface area contributed by atoms with Crippen molar-refractivity contribution in [1.82, 2.24) is 10.3 Å². The number of carbonyl (C=O) groups excluding carboxylic acids is 1. The molecule has 0 spiro atoms. The molecule has 1 aromatic heterocycles. The van der Waals surface area contributed by atoms with E-state index in [0.29, 0.717) is 24.8 Å². The van der Waals surface area contributed by atoms with Crippen molar-refractivity contribution in [2.45, 2.75) is 20.5 Å². The van der Waals surface area contributed by atoms with Crippen LogP contribution in [0.15, 0.2) is 29.6 Å². The largest absolute Gasteiger partial charge is 0.497 e. The minimum atomic E-state index is -0.138. The summed E-state index contributed by atoms with van der Waals surface area (Å²) in [6.45, 7) is 5.09. The molecule has 22 heavy (non-hydrogen) atoms. The predicted molar refractivity (Wildman–Crippen MR) is 86.6 cm³/mol. The topological polar surface area (TPSA) is 60.5 Å². The highest BCUT2D eigenvalue weighted by atomic mass is 32.1. The van der Waals surface area contributed by atoms with Gasteiger partial charge in [-0.05, 0) is 30.2 Å². The second-order valence-corrected chi connectivity index (χ2v) is 6.14. The first-order valence-corrected chi connectivity index (χ1v) is 7.96. The van der Waals surface area contributed by atoms with Crippen LogP contribution in [0.25, 0.3) is 0 Å². The molecule has 0 unspecified atom stereocenters. The Morgan fingerprint density at radius 1 is 1.27 bits per heavy atom. The molecule has 0 aliphatic carbocycles. The summed E-state index contributed by atoms with van der Waals surface area (Å²) in [6.07, 6.45) is 0. The van der Waals surface area contributed by atoms with Crippen LogP contribution in [0.3, 0.4) is 0 Å². The number of nitrogens with one attached hydrogen (secondary N) is 1. The molecule has 6 heteroatoms. The Kier molecular flexibility index (Phi) is 5.77. The average Bonchev–Trinajstić information content (AvgIpc) is 3.00. The molecule has 1 N–H and O–H groups in total. The Morgan fingerprint density at radius 2 is 1.95 bits per heavy atom. The van der Waals surface area contributed by atoms with Gasteiger partial charge in [-0.25, -0.2) is 4.98 Å². The number of hydrogen-bond donors (Lipinski definition) is 1. The monoisotopic (exact) mass is 320 g/mol. The first-order chi connectivity index (χ1) is 10.6. The van der Waals surface area contributed by atoms with Crippen LogP contribution in [0.1, 0.15) is 29.3 Å². The second-order valence-electron chi connectivity index (χ2n) is 5.19. The van der Waals surface area contributed by atoms with Crippen LogP contribution in [0.2, 0.25) is 0 Å².